The van der Waals surface area contributed by atoms with Crippen molar-refractivity contribution in [3.05, 3.63) is 34.9 Å². The van der Waals surface area contributed by atoms with Gasteiger partial charge in [0.15, 0.2) is 5.96 Å². The smallest absolute Gasteiger partial charge is 0.223 e. The molecule has 6 nitrogen and oxygen atoms in total. The fourth-order valence-electron chi connectivity index (χ4n) is 2.63. The van der Waals surface area contributed by atoms with Crippen molar-refractivity contribution in [2.75, 3.05) is 40.3 Å². The van der Waals surface area contributed by atoms with Crippen molar-refractivity contribution in [1.82, 2.24) is 20.9 Å². The Morgan fingerprint density at radius 2 is 1.85 bits per heavy atom. The number of hydrogen-bond donors (Lipinski definition) is 3. The van der Waals surface area contributed by atoms with E-state index in [4.69, 9.17) is 16.6 Å². The van der Waals surface area contributed by atoms with Gasteiger partial charge in [-0.15, -0.1) is 0 Å². The van der Waals surface area contributed by atoms with E-state index in [1.807, 2.05) is 45.3 Å². The van der Waals surface area contributed by atoms with Crippen LogP contribution in [0.15, 0.2) is 29.3 Å². The van der Waals surface area contributed by atoms with Crippen LogP contribution < -0.4 is 16.0 Å². The van der Waals surface area contributed by atoms with Crippen LogP contribution in [0.3, 0.4) is 0 Å². The predicted molar refractivity (Wildman–Crippen MR) is 108 cm³/mol. The van der Waals surface area contributed by atoms with Gasteiger partial charge < -0.3 is 20.9 Å². The van der Waals surface area contributed by atoms with Crippen molar-refractivity contribution in [1.29, 1.82) is 0 Å². The zero-order valence-electron chi connectivity index (χ0n) is 15.9. The maximum Gasteiger partial charge on any atom is 0.223 e. The number of halogens is 1. The van der Waals surface area contributed by atoms with Crippen LogP contribution in [0.25, 0.3) is 0 Å². The highest BCUT2D eigenvalue weighted by Gasteiger charge is 2.28. The monoisotopic (exact) mass is 379 g/mol. The Balaban J connectivity index is 1.87. The van der Waals surface area contributed by atoms with Crippen LogP contribution in [0.1, 0.15) is 31.4 Å². The van der Waals surface area contributed by atoms with Crippen LogP contribution in [-0.4, -0.2) is 57.0 Å². The van der Waals surface area contributed by atoms with Gasteiger partial charge in [-0.25, -0.2) is 0 Å². The lowest BCUT2D eigenvalue weighted by molar-refractivity contribution is -0.122. The first-order valence-electron chi connectivity index (χ1n) is 9.23. The molecule has 26 heavy (non-hydrogen) atoms. The number of rotatable bonds is 9. The van der Waals surface area contributed by atoms with Crippen LogP contribution in [0.2, 0.25) is 5.02 Å². The van der Waals surface area contributed by atoms with Crippen LogP contribution >= 0.6 is 11.6 Å². The van der Waals surface area contributed by atoms with Gasteiger partial charge in [0.1, 0.15) is 0 Å². The number of hydrogen-bond acceptors (Lipinski definition) is 3. The van der Waals surface area contributed by atoms with Gasteiger partial charge in [-0.05, 0) is 51.6 Å². The molecule has 1 aromatic rings. The first kappa shape index (κ1) is 20.5. The topological polar surface area (TPSA) is 68.8 Å². The van der Waals surface area contributed by atoms with Crippen LogP contribution in [0, 0.1) is 5.92 Å². The minimum Gasteiger partial charge on any atom is -0.357 e. The minimum absolute atomic E-state index is 0.164. The fraction of sp³-hybridized carbons (Fsp3) is 0.579. The highest BCUT2D eigenvalue weighted by Crippen LogP contribution is 2.28. The standard InChI is InChI=1S/C19H30ClN5O/c1-4-21-19(23-12-11-22-18(26)15-5-6-15)24-13-17(25(2)3)14-7-9-16(20)10-8-14/h7-10,15,17H,4-6,11-13H2,1-3H3,(H,22,26)(H2,21,23,24). The molecule has 0 heterocycles. The number of aliphatic imine (C=N–C) groups is 1. The van der Waals surface area contributed by atoms with Crippen molar-refractivity contribution in [2.45, 2.75) is 25.8 Å². The highest BCUT2D eigenvalue weighted by atomic mass is 35.5. The Morgan fingerprint density at radius 1 is 1.19 bits per heavy atom. The van der Waals surface area contributed by atoms with Gasteiger partial charge in [0.25, 0.3) is 0 Å². The molecule has 1 amide bonds. The third kappa shape index (κ3) is 6.84. The second-order valence-corrected chi connectivity index (χ2v) is 7.18. The van der Waals surface area contributed by atoms with Crippen molar-refractivity contribution in [2.24, 2.45) is 10.9 Å². The Labute approximate surface area is 161 Å². The summed E-state index contributed by atoms with van der Waals surface area (Å²) in [5.41, 5.74) is 1.18. The van der Waals surface area contributed by atoms with Crippen LogP contribution in [0.4, 0.5) is 0 Å². The summed E-state index contributed by atoms with van der Waals surface area (Å²) in [7, 11) is 4.09. The van der Waals surface area contributed by atoms with E-state index in [-0.39, 0.29) is 17.9 Å². The van der Waals surface area contributed by atoms with E-state index < -0.39 is 0 Å². The SMILES string of the molecule is CCNC(=NCC(c1ccc(Cl)cc1)N(C)C)NCCNC(=O)C1CC1. The average Bonchev–Trinajstić information content (AvgIpc) is 3.45. The normalized spacial score (nSPS) is 15.7. The predicted octanol–water partition coefficient (Wildman–Crippen LogP) is 2.02. The number of nitrogens with one attached hydrogen (secondary N) is 3. The third-order valence-electron chi connectivity index (χ3n) is 4.31. The molecular weight excluding hydrogens is 350 g/mol. The molecule has 2 rings (SSSR count). The molecule has 1 aromatic carbocycles. The molecule has 1 atom stereocenters. The Hall–Kier alpha value is -1.79. The number of amides is 1. The number of likely N-dealkylation sites (N-methyl/N-ethyl adjacent to an activating group) is 1. The fourth-order valence-corrected chi connectivity index (χ4v) is 2.75. The minimum atomic E-state index is 0.164. The summed E-state index contributed by atoms with van der Waals surface area (Å²) in [6, 6.07) is 8.05. The molecule has 3 N–H and O–H groups in total. The third-order valence-corrected chi connectivity index (χ3v) is 4.56. The van der Waals surface area contributed by atoms with Gasteiger partial charge in [0.05, 0.1) is 12.6 Å². The lowest BCUT2D eigenvalue weighted by Crippen LogP contribution is -2.42. The van der Waals surface area contributed by atoms with Crippen LogP contribution in [0.5, 0.6) is 0 Å². The summed E-state index contributed by atoms with van der Waals surface area (Å²) >= 11 is 5.99. The van der Waals surface area contributed by atoms with E-state index in [0.717, 1.165) is 30.4 Å². The van der Waals surface area contributed by atoms with Gasteiger partial charge in [0.2, 0.25) is 5.91 Å². The van der Waals surface area contributed by atoms with E-state index in [9.17, 15) is 4.79 Å². The average molecular weight is 380 g/mol. The quantitative estimate of drug-likeness (QED) is 0.349. The summed E-state index contributed by atoms with van der Waals surface area (Å²) in [4.78, 5) is 18.5. The van der Waals surface area contributed by atoms with Gasteiger partial charge in [-0.3, -0.25) is 9.79 Å². The zero-order valence-corrected chi connectivity index (χ0v) is 16.6. The molecule has 0 aliphatic heterocycles. The van der Waals surface area contributed by atoms with Gasteiger partial charge in [0, 0.05) is 30.6 Å². The maximum absolute atomic E-state index is 11.6. The lowest BCUT2D eigenvalue weighted by Gasteiger charge is -2.24. The lowest BCUT2D eigenvalue weighted by atomic mass is 10.1. The molecule has 0 radical (unpaired) electrons. The number of nitrogens with zero attached hydrogens (tertiary/aromatic N) is 2. The second-order valence-electron chi connectivity index (χ2n) is 6.74. The molecule has 0 spiro atoms. The molecule has 144 valence electrons. The van der Waals surface area contributed by atoms with Crippen molar-refractivity contribution in [3.63, 3.8) is 0 Å². The second kappa shape index (κ2) is 10.4. The summed E-state index contributed by atoms with van der Waals surface area (Å²) < 4.78 is 0. The molecule has 0 bridgehead atoms. The van der Waals surface area contributed by atoms with Crippen molar-refractivity contribution < 1.29 is 4.79 Å². The number of guanidine groups is 1. The molecule has 1 aliphatic rings. The molecule has 1 fully saturated rings. The summed E-state index contributed by atoms with van der Waals surface area (Å²) in [5.74, 6) is 1.18. The Bertz CT molecular complexity index is 598. The highest BCUT2D eigenvalue weighted by molar-refractivity contribution is 6.30. The Morgan fingerprint density at radius 3 is 2.42 bits per heavy atom. The van der Waals surface area contributed by atoms with E-state index in [2.05, 4.69) is 20.9 Å². The summed E-state index contributed by atoms with van der Waals surface area (Å²) in [6.45, 7) is 4.70. The number of carbonyl (C=O) groups is 1. The first-order chi connectivity index (χ1) is 12.5. The summed E-state index contributed by atoms with van der Waals surface area (Å²) in [5, 5.41) is 10.2. The van der Waals surface area contributed by atoms with E-state index in [1.165, 1.54) is 5.56 Å². The van der Waals surface area contributed by atoms with E-state index in [0.29, 0.717) is 19.6 Å². The maximum atomic E-state index is 11.6. The van der Waals surface area contributed by atoms with Crippen LogP contribution in [-0.2, 0) is 4.79 Å². The van der Waals surface area contributed by atoms with Crippen molar-refractivity contribution in [3.8, 4) is 0 Å². The Kier molecular flexibility index (Phi) is 8.19. The molecule has 0 aromatic heterocycles. The first-order valence-corrected chi connectivity index (χ1v) is 9.60. The van der Waals surface area contributed by atoms with Gasteiger partial charge >= 0.3 is 0 Å². The molecule has 1 saturated carbocycles. The molecular formula is C19H30ClN5O. The largest absolute Gasteiger partial charge is 0.357 e. The van der Waals surface area contributed by atoms with Gasteiger partial charge in [-0.2, -0.15) is 0 Å². The number of benzene rings is 1. The van der Waals surface area contributed by atoms with E-state index >= 15 is 0 Å². The zero-order chi connectivity index (χ0) is 18.9. The van der Waals surface area contributed by atoms with Gasteiger partial charge in [-0.1, -0.05) is 23.7 Å². The summed E-state index contributed by atoms with van der Waals surface area (Å²) in [6.07, 6.45) is 2.06. The number of carbonyl (C=O) groups excluding carboxylic acids is 1. The molecule has 7 heteroatoms. The molecule has 1 aliphatic carbocycles. The van der Waals surface area contributed by atoms with Crippen molar-refractivity contribution >= 4 is 23.5 Å². The molecule has 1 unspecified atom stereocenters. The molecule has 0 saturated heterocycles. The van der Waals surface area contributed by atoms with E-state index in [1.54, 1.807) is 0 Å².